The van der Waals surface area contributed by atoms with Gasteiger partial charge in [0.05, 0.1) is 25.7 Å². The summed E-state index contributed by atoms with van der Waals surface area (Å²) in [5.74, 6) is -2.79. The van der Waals surface area contributed by atoms with E-state index in [1.165, 1.54) is 4.90 Å². The Labute approximate surface area is 175 Å². The number of carboxylic acid groups (broad SMARTS) is 1. The van der Waals surface area contributed by atoms with E-state index in [4.69, 9.17) is 15.6 Å². The lowest BCUT2D eigenvalue weighted by atomic mass is 9.93. The van der Waals surface area contributed by atoms with Crippen LogP contribution in [0.25, 0.3) is 0 Å². The molecule has 1 rings (SSSR count). The molecule has 3 amide bonds. The molecule has 0 radical (unpaired) electrons. The maximum atomic E-state index is 12.8. The zero-order valence-corrected chi connectivity index (χ0v) is 17.5. The summed E-state index contributed by atoms with van der Waals surface area (Å²) < 4.78 is 4.91. The summed E-state index contributed by atoms with van der Waals surface area (Å²) in [5, 5.41) is 13.7. The third-order valence-corrected chi connectivity index (χ3v) is 5.07. The Hall–Kier alpha value is -2.53. The summed E-state index contributed by atoms with van der Waals surface area (Å²) in [6.45, 7) is 3.10. The molecule has 0 aromatic rings. The Bertz CT molecular complexity index is 640. The number of carboxylic acids is 1. The molecule has 30 heavy (non-hydrogen) atoms. The minimum absolute atomic E-state index is 0.0268. The van der Waals surface area contributed by atoms with Gasteiger partial charge in [-0.2, -0.15) is 0 Å². The lowest BCUT2D eigenvalue weighted by Gasteiger charge is -2.28. The Morgan fingerprint density at radius 2 is 1.97 bits per heavy atom. The second kappa shape index (κ2) is 12.9. The standard InChI is InChI=1S/C19H32N4O7/c1-3-12(2)18(14(24)6-8-30-11-17(27)28)22-19(29)13-5-4-7-23(13)16(26)10-21-15(25)9-20/h12-13,18H,3-11,20H2,1-2H3,(H,21,25)(H,22,29)(H,27,28)/t12-,13-,18-/m0/s1. The van der Waals surface area contributed by atoms with Crippen LogP contribution >= 0.6 is 0 Å². The van der Waals surface area contributed by atoms with Crippen molar-refractivity contribution in [3.8, 4) is 0 Å². The normalized spacial score (nSPS) is 17.8. The highest BCUT2D eigenvalue weighted by Gasteiger charge is 2.36. The van der Waals surface area contributed by atoms with Crippen molar-refractivity contribution in [1.29, 1.82) is 0 Å². The van der Waals surface area contributed by atoms with Gasteiger partial charge >= 0.3 is 5.97 Å². The molecule has 1 saturated heterocycles. The number of amides is 3. The number of nitrogens with two attached hydrogens (primary N) is 1. The summed E-state index contributed by atoms with van der Waals surface area (Å²) in [5.41, 5.74) is 5.20. The largest absolute Gasteiger partial charge is 0.480 e. The van der Waals surface area contributed by atoms with Crippen LogP contribution in [0.15, 0.2) is 0 Å². The van der Waals surface area contributed by atoms with Gasteiger partial charge in [0.15, 0.2) is 5.78 Å². The number of ether oxygens (including phenoxy) is 1. The SMILES string of the molecule is CC[C@H](C)[C@H](NC(=O)[C@@H]1CCCN1C(=O)CNC(=O)CN)C(=O)CCOCC(=O)O. The predicted octanol–water partition coefficient (Wildman–Crippen LogP) is -1.36. The number of aliphatic carboxylic acids is 1. The molecule has 1 aliphatic rings. The van der Waals surface area contributed by atoms with Gasteiger partial charge in [0, 0.05) is 13.0 Å². The fourth-order valence-corrected chi connectivity index (χ4v) is 3.20. The van der Waals surface area contributed by atoms with Crippen LogP contribution in [0.1, 0.15) is 39.5 Å². The molecular weight excluding hydrogens is 396 g/mol. The topological polar surface area (TPSA) is 168 Å². The quantitative estimate of drug-likeness (QED) is 0.261. The highest BCUT2D eigenvalue weighted by atomic mass is 16.5. The van der Waals surface area contributed by atoms with E-state index in [1.807, 2.05) is 13.8 Å². The molecule has 11 nitrogen and oxygen atoms in total. The predicted molar refractivity (Wildman–Crippen MR) is 106 cm³/mol. The first kappa shape index (κ1) is 25.5. The number of hydrogen-bond donors (Lipinski definition) is 4. The van der Waals surface area contributed by atoms with Crippen molar-refractivity contribution in [2.24, 2.45) is 11.7 Å². The molecule has 0 aromatic carbocycles. The molecule has 11 heteroatoms. The lowest BCUT2D eigenvalue weighted by molar-refractivity contribution is -0.143. The summed E-state index contributed by atoms with van der Waals surface area (Å²) in [6, 6.07) is -1.47. The van der Waals surface area contributed by atoms with E-state index >= 15 is 0 Å². The molecule has 0 aliphatic carbocycles. The van der Waals surface area contributed by atoms with Gasteiger partial charge in [-0.1, -0.05) is 20.3 Å². The van der Waals surface area contributed by atoms with Gasteiger partial charge in [-0.3, -0.25) is 19.2 Å². The molecule has 1 fully saturated rings. The fourth-order valence-electron chi connectivity index (χ4n) is 3.20. The lowest BCUT2D eigenvalue weighted by Crippen LogP contribution is -2.54. The summed E-state index contributed by atoms with van der Waals surface area (Å²) in [7, 11) is 0. The van der Waals surface area contributed by atoms with Crippen molar-refractivity contribution in [2.75, 3.05) is 32.8 Å². The van der Waals surface area contributed by atoms with Gasteiger partial charge in [0.1, 0.15) is 12.6 Å². The van der Waals surface area contributed by atoms with Crippen LogP contribution in [0, 0.1) is 5.92 Å². The molecule has 5 N–H and O–H groups in total. The highest BCUT2D eigenvalue weighted by Crippen LogP contribution is 2.19. The van der Waals surface area contributed by atoms with Crippen molar-refractivity contribution in [1.82, 2.24) is 15.5 Å². The number of Topliss-reactive ketones (excluding diaryl/α,β-unsaturated/α-hetero) is 1. The maximum Gasteiger partial charge on any atom is 0.329 e. The molecule has 0 unspecified atom stereocenters. The second-order valence-corrected chi connectivity index (χ2v) is 7.26. The monoisotopic (exact) mass is 428 g/mol. The third-order valence-electron chi connectivity index (χ3n) is 5.07. The molecule has 1 heterocycles. The Balaban J connectivity index is 2.70. The van der Waals surface area contributed by atoms with E-state index in [-0.39, 0.29) is 43.7 Å². The molecule has 1 aliphatic heterocycles. The average Bonchev–Trinajstić information content (AvgIpc) is 3.22. The smallest absolute Gasteiger partial charge is 0.329 e. The average molecular weight is 428 g/mol. The summed E-state index contributed by atoms with van der Waals surface area (Å²) in [4.78, 5) is 60.9. The van der Waals surface area contributed by atoms with Gasteiger partial charge in [0.25, 0.3) is 0 Å². The number of carbonyl (C=O) groups excluding carboxylic acids is 4. The van der Waals surface area contributed by atoms with Crippen molar-refractivity contribution in [3.05, 3.63) is 0 Å². The highest BCUT2D eigenvalue weighted by molar-refractivity contribution is 5.94. The van der Waals surface area contributed by atoms with E-state index in [2.05, 4.69) is 10.6 Å². The Kier molecular flexibility index (Phi) is 11.0. The molecule has 0 saturated carbocycles. The van der Waals surface area contributed by atoms with E-state index in [0.717, 1.165) is 0 Å². The van der Waals surface area contributed by atoms with Crippen LogP contribution in [0.5, 0.6) is 0 Å². The minimum Gasteiger partial charge on any atom is -0.480 e. The van der Waals surface area contributed by atoms with E-state index < -0.39 is 36.5 Å². The molecule has 3 atom stereocenters. The number of nitrogens with one attached hydrogen (secondary N) is 2. The van der Waals surface area contributed by atoms with Gasteiger partial charge in [-0.05, 0) is 18.8 Å². The van der Waals surface area contributed by atoms with Crippen molar-refractivity contribution >= 4 is 29.5 Å². The number of rotatable bonds is 13. The number of likely N-dealkylation sites (tertiary alicyclic amines) is 1. The summed E-state index contributed by atoms with van der Waals surface area (Å²) >= 11 is 0. The molecular formula is C19H32N4O7. The van der Waals surface area contributed by atoms with E-state index in [9.17, 15) is 24.0 Å². The van der Waals surface area contributed by atoms with Crippen LogP contribution in [0.4, 0.5) is 0 Å². The Morgan fingerprint density at radius 1 is 1.27 bits per heavy atom. The zero-order valence-electron chi connectivity index (χ0n) is 17.5. The number of hydrogen-bond acceptors (Lipinski definition) is 7. The molecule has 170 valence electrons. The van der Waals surface area contributed by atoms with Crippen molar-refractivity contribution < 1.29 is 33.8 Å². The first-order valence-corrected chi connectivity index (χ1v) is 10.1. The number of carbonyl (C=O) groups is 5. The van der Waals surface area contributed by atoms with Crippen molar-refractivity contribution in [2.45, 2.75) is 51.6 Å². The zero-order chi connectivity index (χ0) is 22.7. The first-order valence-electron chi connectivity index (χ1n) is 10.1. The van der Waals surface area contributed by atoms with Gasteiger partial charge < -0.3 is 31.1 Å². The first-order chi connectivity index (χ1) is 14.2. The number of nitrogens with zero attached hydrogens (tertiary/aromatic N) is 1. The van der Waals surface area contributed by atoms with Crippen LogP contribution < -0.4 is 16.4 Å². The van der Waals surface area contributed by atoms with Crippen LogP contribution in [-0.2, 0) is 28.7 Å². The third kappa shape index (κ3) is 8.07. The molecule has 0 bridgehead atoms. The van der Waals surface area contributed by atoms with Crippen LogP contribution in [0.3, 0.4) is 0 Å². The fraction of sp³-hybridized carbons (Fsp3) is 0.737. The van der Waals surface area contributed by atoms with Gasteiger partial charge in [-0.15, -0.1) is 0 Å². The Morgan fingerprint density at radius 3 is 2.57 bits per heavy atom. The van der Waals surface area contributed by atoms with E-state index in [0.29, 0.717) is 25.8 Å². The van der Waals surface area contributed by atoms with Gasteiger partial charge in [0.2, 0.25) is 17.7 Å². The number of ketones is 1. The van der Waals surface area contributed by atoms with Gasteiger partial charge in [-0.25, -0.2) is 4.79 Å². The van der Waals surface area contributed by atoms with Crippen LogP contribution in [0.2, 0.25) is 0 Å². The molecule has 0 spiro atoms. The van der Waals surface area contributed by atoms with Crippen LogP contribution in [-0.4, -0.2) is 84.4 Å². The second-order valence-electron chi connectivity index (χ2n) is 7.26. The molecule has 0 aromatic heterocycles. The summed E-state index contributed by atoms with van der Waals surface area (Å²) in [6.07, 6.45) is 1.72. The van der Waals surface area contributed by atoms with Crippen molar-refractivity contribution in [3.63, 3.8) is 0 Å². The van der Waals surface area contributed by atoms with E-state index in [1.54, 1.807) is 0 Å². The minimum atomic E-state index is -1.12. The maximum absolute atomic E-state index is 12.8.